The van der Waals surface area contributed by atoms with Crippen LogP contribution >= 0.6 is 0 Å². The number of carbonyl (C=O) groups is 1. The van der Waals surface area contributed by atoms with Gasteiger partial charge < -0.3 is 19.6 Å². The summed E-state index contributed by atoms with van der Waals surface area (Å²) in [6.07, 6.45) is 2.82. The number of phenolic OH excluding ortho intramolecular Hbond substituents is 1. The highest BCUT2D eigenvalue weighted by molar-refractivity contribution is 6.00. The lowest BCUT2D eigenvalue weighted by Crippen LogP contribution is -2.62. The van der Waals surface area contributed by atoms with Gasteiger partial charge >= 0.3 is 0 Å². The third kappa shape index (κ3) is 4.32. The largest absolute Gasteiger partial charge is 0.507 e. The van der Waals surface area contributed by atoms with Crippen molar-refractivity contribution in [1.82, 2.24) is 14.5 Å². The molecule has 2 aromatic carbocycles. The van der Waals surface area contributed by atoms with Crippen molar-refractivity contribution in [3.05, 3.63) is 88.2 Å². The molecule has 1 amide bonds. The van der Waals surface area contributed by atoms with Gasteiger partial charge in [-0.25, -0.2) is 13.2 Å². The van der Waals surface area contributed by atoms with E-state index in [1.807, 2.05) is 25.7 Å². The van der Waals surface area contributed by atoms with Crippen LogP contribution in [0.4, 0.5) is 18.9 Å². The topological polar surface area (TPSA) is 87.9 Å². The number of benzene rings is 2. The first-order valence-corrected chi connectivity index (χ1v) is 14.3. The molecule has 1 fully saturated rings. The Bertz CT molecular complexity index is 1900. The summed E-state index contributed by atoms with van der Waals surface area (Å²) in [5, 5.41) is 10.5. The number of aromatic nitrogens is 2. The van der Waals surface area contributed by atoms with Gasteiger partial charge in [-0.2, -0.15) is 0 Å². The summed E-state index contributed by atoms with van der Waals surface area (Å²) in [7, 11) is 0. The number of hydrogen-bond donors (Lipinski definition) is 1. The molecular weight excluding hydrogens is 573 g/mol. The minimum atomic E-state index is -1.23. The summed E-state index contributed by atoms with van der Waals surface area (Å²) in [6, 6.07) is 5.33. The van der Waals surface area contributed by atoms with Crippen molar-refractivity contribution in [3.8, 4) is 28.3 Å². The van der Waals surface area contributed by atoms with Crippen LogP contribution in [0.15, 0.2) is 54.0 Å². The number of rotatable bonds is 4. The van der Waals surface area contributed by atoms with E-state index in [-0.39, 0.29) is 59.9 Å². The van der Waals surface area contributed by atoms with Gasteiger partial charge in [-0.05, 0) is 55.7 Å². The highest BCUT2D eigenvalue weighted by Crippen LogP contribution is 2.45. The second-order valence-corrected chi connectivity index (χ2v) is 11.6. The number of nitrogens with zero attached hydrogens (tertiary/aromatic N) is 4. The maximum Gasteiger partial charge on any atom is 0.300 e. The van der Waals surface area contributed by atoms with Gasteiger partial charge in [0.25, 0.3) is 5.56 Å². The van der Waals surface area contributed by atoms with E-state index in [1.165, 1.54) is 12.1 Å². The molecule has 2 aliphatic rings. The number of halogens is 3. The minimum absolute atomic E-state index is 0.0209. The highest BCUT2D eigenvalue weighted by atomic mass is 19.1. The average Bonchev–Trinajstić information content (AvgIpc) is 2.98. The number of pyridine rings is 2. The minimum Gasteiger partial charge on any atom is -0.507 e. The van der Waals surface area contributed by atoms with Crippen molar-refractivity contribution in [2.45, 2.75) is 45.7 Å². The summed E-state index contributed by atoms with van der Waals surface area (Å²) < 4.78 is 55.4. The molecule has 2 atom stereocenters. The first-order valence-electron chi connectivity index (χ1n) is 14.3. The van der Waals surface area contributed by atoms with Gasteiger partial charge in [-0.3, -0.25) is 19.1 Å². The molecule has 2 aromatic heterocycles. The first-order chi connectivity index (χ1) is 21.0. The summed E-state index contributed by atoms with van der Waals surface area (Å²) in [5.41, 5.74) is -0.900. The van der Waals surface area contributed by atoms with E-state index in [1.54, 1.807) is 24.1 Å². The number of hydrogen-bond acceptors (Lipinski definition) is 6. The zero-order chi connectivity index (χ0) is 31.6. The van der Waals surface area contributed by atoms with Crippen LogP contribution in [0.2, 0.25) is 0 Å². The highest BCUT2D eigenvalue weighted by Gasteiger charge is 2.41. The van der Waals surface area contributed by atoms with E-state index < -0.39 is 45.9 Å². The molecule has 0 radical (unpaired) electrons. The van der Waals surface area contributed by atoms with Crippen molar-refractivity contribution in [2.75, 3.05) is 24.6 Å². The Labute approximate surface area is 251 Å². The zero-order valence-corrected chi connectivity index (χ0v) is 24.7. The van der Waals surface area contributed by atoms with Crippen molar-refractivity contribution >= 4 is 22.5 Å². The fraction of sp³-hybridized carbons (Fsp3) is 0.303. The van der Waals surface area contributed by atoms with E-state index in [9.17, 15) is 14.7 Å². The Morgan fingerprint density at radius 3 is 2.57 bits per heavy atom. The normalized spacial score (nSPS) is 17.8. The van der Waals surface area contributed by atoms with Gasteiger partial charge in [0.1, 0.15) is 24.0 Å². The Hall–Kier alpha value is -4.80. The van der Waals surface area contributed by atoms with Crippen molar-refractivity contribution < 1.29 is 27.8 Å². The lowest BCUT2D eigenvalue weighted by Gasteiger charge is -2.48. The summed E-state index contributed by atoms with van der Waals surface area (Å²) >= 11 is 0. The molecule has 2 aliphatic heterocycles. The maximum absolute atomic E-state index is 17.0. The Kier molecular flexibility index (Phi) is 7.14. The van der Waals surface area contributed by atoms with Gasteiger partial charge in [0.05, 0.1) is 39.8 Å². The smallest absolute Gasteiger partial charge is 0.300 e. The predicted molar refractivity (Wildman–Crippen MR) is 161 cm³/mol. The number of fused-ring (bicyclic) bond motifs is 5. The Balaban J connectivity index is 1.75. The predicted octanol–water partition coefficient (Wildman–Crippen LogP) is 5.59. The molecule has 228 valence electrons. The molecule has 4 heterocycles. The van der Waals surface area contributed by atoms with Gasteiger partial charge in [0.15, 0.2) is 5.82 Å². The van der Waals surface area contributed by atoms with Crippen LogP contribution in [0.3, 0.4) is 0 Å². The molecule has 1 N–H and O–H groups in total. The Morgan fingerprint density at radius 1 is 1.14 bits per heavy atom. The molecule has 0 bridgehead atoms. The second kappa shape index (κ2) is 10.7. The third-order valence-corrected chi connectivity index (χ3v) is 8.46. The van der Waals surface area contributed by atoms with Crippen molar-refractivity contribution in [1.29, 1.82) is 0 Å². The number of amides is 1. The SMILES string of the molecule is C=CC(=O)N1CC2COc3c(c4cc(F)c(-c5c(O)cccc5F)c(F)c4n(-c4c(C)ccnc4C(C)C)c3=O)N2CC1C. The standard InChI is InChI=1S/C33H31F3N4O4/c1-6-24(42)38-14-19-15-44-32-31(39(19)13-18(38)5)20-12-22(35)26(25-21(34)8-7-9-23(25)41)27(36)30(20)40(33(32)43)29-17(4)10-11-37-28(29)16(2)3/h6-12,16,18-19,41H,1,13-15H2,2-5H3. The lowest BCUT2D eigenvalue weighted by atomic mass is 9.96. The molecule has 0 aliphatic carbocycles. The summed E-state index contributed by atoms with van der Waals surface area (Å²) in [4.78, 5) is 35.0. The summed E-state index contributed by atoms with van der Waals surface area (Å²) in [5.74, 6) is -4.60. The fourth-order valence-electron chi connectivity index (χ4n) is 6.40. The number of carbonyl (C=O) groups excluding carboxylic acids is 1. The third-order valence-electron chi connectivity index (χ3n) is 8.46. The number of phenols is 1. The van der Waals surface area contributed by atoms with E-state index in [4.69, 9.17) is 4.74 Å². The molecular formula is C33H31F3N4O4. The molecule has 0 spiro atoms. The van der Waals surface area contributed by atoms with Crippen LogP contribution in [0.5, 0.6) is 11.5 Å². The molecule has 44 heavy (non-hydrogen) atoms. The zero-order valence-electron chi connectivity index (χ0n) is 24.7. The molecule has 1 saturated heterocycles. The number of ether oxygens (including phenoxy) is 1. The molecule has 2 unspecified atom stereocenters. The number of piperazine rings is 1. The molecule has 8 nitrogen and oxygen atoms in total. The fourth-order valence-corrected chi connectivity index (χ4v) is 6.40. The van der Waals surface area contributed by atoms with E-state index in [2.05, 4.69) is 11.6 Å². The summed E-state index contributed by atoms with van der Waals surface area (Å²) in [6.45, 7) is 11.5. The van der Waals surface area contributed by atoms with E-state index >= 15 is 13.2 Å². The first kappa shape index (κ1) is 29.3. The van der Waals surface area contributed by atoms with Crippen LogP contribution in [0.25, 0.3) is 27.7 Å². The van der Waals surface area contributed by atoms with Crippen LogP contribution in [0.1, 0.15) is 37.9 Å². The Morgan fingerprint density at radius 2 is 1.89 bits per heavy atom. The number of aromatic hydroxyl groups is 1. The van der Waals surface area contributed by atoms with Crippen molar-refractivity contribution in [2.24, 2.45) is 0 Å². The van der Waals surface area contributed by atoms with Crippen LogP contribution in [0, 0.1) is 24.4 Å². The molecule has 4 aromatic rings. The average molecular weight is 605 g/mol. The van der Waals surface area contributed by atoms with Crippen LogP contribution in [-0.4, -0.2) is 57.2 Å². The molecule has 0 saturated carbocycles. The van der Waals surface area contributed by atoms with Crippen molar-refractivity contribution in [3.63, 3.8) is 0 Å². The number of anilines is 1. The number of aryl methyl sites for hydroxylation is 1. The maximum atomic E-state index is 17.0. The second-order valence-electron chi connectivity index (χ2n) is 11.6. The van der Waals surface area contributed by atoms with Gasteiger partial charge in [0.2, 0.25) is 11.7 Å². The van der Waals surface area contributed by atoms with Crippen LogP contribution < -0.4 is 15.2 Å². The molecule has 6 rings (SSSR count). The quantitative estimate of drug-likeness (QED) is 0.306. The monoisotopic (exact) mass is 604 g/mol. The van der Waals surface area contributed by atoms with Gasteiger partial charge in [0, 0.05) is 30.7 Å². The molecule has 11 heteroatoms. The lowest BCUT2D eigenvalue weighted by molar-refractivity contribution is -0.129. The van der Waals surface area contributed by atoms with Gasteiger partial charge in [-0.15, -0.1) is 0 Å². The van der Waals surface area contributed by atoms with Crippen LogP contribution in [-0.2, 0) is 4.79 Å². The van der Waals surface area contributed by atoms with E-state index in [0.717, 1.165) is 22.8 Å². The van der Waals surface area contributed by atoms with E-state index in [0.29, 0.717) is 16.9 Å². The van der Waals surface area contributed by atoms with Gasteiger partial charge in [-0.1, -0.05) is 26.5 Å².